The van der Waals surface area contributed by atoms with Gasteiger partial charge in [-0.3, -0.25) is 0 Å². The predicted molar refractivity (Wildman–Crippen MR) is 40.2 cm³/mol. The van der Waals surface area contributed by atoms with Crippen LogP contribution in [0.2, 0.25) is 0 Å². The van der Waals surface area contributed by atoms with E-state index < -0.39 is 0 Å². The van der Waals surface area contributed by atoms with Gasteiger partial charge < -0.3 is 20.8 Å². The van der Waals surface area contributed by atoms with Gasteiger partial charge in [-0.05, 0) is 0 Å². The normalized spacial score (nSPS) is 6.67. The molecule has 0 N–H and O–H groups in total. The van der Waals surface area contributed by atoms with E-state index in [4.69, 9.17) is 0 Å². The number of rotatable bonds is 3. The standard InChI is InChI=1S/C6H12.C2H5.Cr/c1-3-5-6-4-2;1-2;/h1-6H2;1H2,2H3;/q-2;-1;+3. The molecule has 0 bridgehead atoms. The smallest absolute Gasteiger partial charge is 0.346 e. The third-order valence-corrected chi connectivity index (χ3v) is 0.750. The van der Waals surface area contributed by atoms with Gasteiger partial charge in [-0.25, -0.2) is 0 Å². The summed E-state index contributed by atoms with van der Waals surface area (Å²) in [4.78, 5) is 0. The molecule has 0 saturated heterocycles. The quantitative estimate of drug-likeness (QED) is 0.445. The molecule has 0 fully saturated rings. The van der Waals surface area contributed by atoms with Crippen LogP contribution in [-0.4, -0.2) is 0 Å². The fourth-order valence-corrected chi connectivity index (χ4v) is 0.354. The van der Waals surface area contributed by atoms with E-state index in [0.717, 1.165) is 12.8 Å². The first-order valence-corrected chi connectivity index (χ1v) is 3.21. The van der Waals surface area contributed by atoms with Gasteiger partial charge in [0, 0.05) is 0 Å². The Morgan fingerprint density at radius 3 is 1.22 bits per heavy atom. The molecule has 0 aliphatic carbocycles. The number of hydrogen-bond acceptors (Lipinski definition) is 0. The van der Waals surface area contributed by atoms with Crippen LogP contribution in [0.3, 0.4) is 0 Å². The van der Waals surface area contributed by atoms with E-state index in [9.17, 15) is 0 Å². The van der Waals surface area contributed by atoms with Gasteiger partial charge in [0.25, 0.3) is 0 Å². The van der Waals surface area contributed by atoms with E-state index in [1.165, 1.54) is 12.8 Å². The van der Waals surface area contributed by atoms with Gasteiger partial charge in [-0.1, -0.05) is 12.8 Å². The molecule has 0 amide bonds. The monoisotopic (exact) mass is 165 g/mol. The van der Waals surface area contributed by atoms with Gasteiger partial charge >= 0.3 is 17.4 Å². The fraction of sp³-hybridized carbons (Fsp3) is 0.625. The maximum absolute atomic E-state index is 3.70. The summed E-state index contributed by atoms with van der Waals surface area (Å²) in [5, 5.41) is 0. The summed E-state index contributed by atoms with van der Waals surface area (Å²) in [5.41, 5.74) is 0. The Bertz CT molecular complexity index is 16.5. The van der Waals surface area contributed by atoms with Crippen molar-refractivity contribution < 1.29 is 17.4 Å². The number of unbranched alkanes of at least 4 members (excludes halogenated alkanes) is 3. The first-order chi connectivity index (χ1) is 3.91. The van der Waals surface area contributed by atoms with Crippen LogP contribution in [-0.2, 0) is 17.4 Å². The molecule has 0 nitrogen and oxygen atoms in total. The second-order valence-corrected chi connectivity index (χ2v) is 1.41. The maximum atomic E-state index is 3.70. The van der Waals surface area contributed by atoms with Crippen molar-refractivity contribution in [3.63, 3.8) is 0 Å². The van der Waals surface area contributed by atoms with Crippen molar-refractivity contribution in [1.29, 1.82) is 0 Å². The summed E-state index contributed by atoms with van der Waals surface area (Å²) < 4.78 is 0. The minimum atomic E-state index is 0. The minimum absolute atomic E-state index is 0. The Kier molecular flexibility index (Phi) is 42.6. The van der Waals surface area contributed by atoms with E-state index in [0.29, 0.717) is 0 Å². The average molecular weight is 165 g/mol. The van der Waals surface area contributed by atoms with Crippen LogP contribution >= 0.6 is 0 Å². The molecular weight excluding hydrogens is 148 g/mol. The summed E-state index contributed by atoms with van der Waals surface area (Å²) >= 11 is 0. The molecule has 0 saturated carbocycles. The molecule has 0 unspecified atom stereocenters. The zero-order valence-corrected chi connectivity index (χ0v) is 7.63. The molecule has 1 heteroatoms. The first-order valence-electron chi connectivity index (χ1n) is 3.21. The van der Waals surface area contributed by atoms with Crippen LogP contribution in [0.25, 0.3) is 0 Å². The van der Waals surface area contributed by atoms with E-state index in [1.54, 1.807) is 6.92 Å². The Balaban J connectivity index is -0.000000109. The van der Waals surface area contributed by atoms with Crippen molar-refractivity contribution in [2.75, 3.05) is 0 Å². The molecule has 0 aromatic heterocycles. The summed E-state index contributed by atoms with van der Waals surface area (Å²) in [7, 11) is 0. The van der Waals surface area contributed by atoms with Gasteiger partial charge in [0.05, 0.1) is 0 Å². The van der Waals surface area contributed by atoms with Crippen molar-refractivity contribution >= 4 is 0 Å². The van der Waals surface area contributed by atoms with Gasteiger partial charge in [0.2, 0.25) is 0 Å². The average Bonchev–Trinajstić information content (AvgIpc) is 1.88. The van der Waals surface area contributed by atoms with Crippen LogP contribution in [0.4, 0.5) is 0 Å². The molecule has 0 aromatic rings. The zero-order chi connectivity index (χ0) is 6.83. The minimum Gasteiger partial charge on any atom is -0.346 e. The second kappa shape index (κ2) is 23.6. The summed E-state index contributed by atoms with van der Waals surface area (Å²) in [6, 6.07) is 0. The Morgan fingerprint density at radius 2 is 1.11 bits per heavy atom. The van der Waals surface area contributed by atoms with Gasteiger partial charge in [0.1, 0.15) is 0 Å². The fourth-order valence-electron chi connectivity index (χ4n) is 0.354. The summed E-state index contributed by atoms with van der Waals surface area (Å²) in [6.45, 7) is 12.4. The van der Waals surface area contributed by atoms with E-state index in [2.05, 4.69) is 20.8 Å². The van der Waals surface area contributed by atoms with E-state index >= 15 is 0 Å². The van der Waals surface area contributed by atoms with Crippen LogP contribution in [0.1, 0.15) is 32.6 Å². The van der Waals surface area contributed by atoms with Crippen LogP contribution in [0.15, 0.2) is 0 Å². The van der Waals surface area contributed by atoms with Gasteiger partial charge in [0.15, 0.2) is 0 Å². The van der Waals surface area contributed by atoms with Gasteiger partial charge in [-0.2, -0.15) is 19.8 Å². The molecule has 1 radical (unpaired) electrons. The first kappa shape index (κ1) is 16.3. The SMILES string of the molecule is [CH2-]C.[CH2-]CCCC[CH2-].[Cr+3]. The molecule has 55 valence electrons. The Morgan fingerprint density at radius 1 is 0.889 bits per heavy atom. The molecule has 0 aliphatic heterocycles. The third kappa shape index (κ3) is 29.2. The maximum Gasteiger partial charge on any atom is 3.00 e. The Hall–Kier alpha value is 0.532. The topological polar surface area (TPSA) is 0 Å². The molecule has 0 spiro atoms. The third-order valence-electron chi connectivity index (χ3n) is 0.750. The molecule has 0 heterocycles. The largest absolute Gasteiger partial charge is 3.00 e. The van der Waals surface area contributed by atoms with Crippen molar-refractivity contribution in [1.82, 2.24) is 0 Å². The Labute approximate surface area is 71.2 Å². The molecular formula is C8H17Cr. The zero-order valence-electron chi connectivity index (χ0n) is 6.36. The predicted octanol–water partition coefficient (Wildman–Crippen LogP) is 3.05. The van der Waals surface area contributed by atoms with Crippen molar-refractivity contribution in [2.24, 2.45) is 0 Å². The summed E-state index contributed by atoms with van der Waals surface area (Å²) in [6.07, 6.45) is 4.61. The molecule has 9 heavy (non-hydrogen) atoms. The molecule has 0 atom stereocenters. The molecule has 0 rings (SSSR count). The van der Waals surface area contributed by atoms with Crippen LogP contribution in [0, 0.1) is 20.8 Å². The molecule has 0 aromatic carbocycles. The van der Waals surface area contributed by atoms with Gasteiger partial charge in [-0.15, -0.1) is 0 Å². The van der Waals surface area contributed by atoms with Crippen molar-refractivity contribution in [2.45, 2.75) is 32.6 Å². The van der Waals surface area contributed by atoms with E-state index in [-0.39, 0.29) is 17.4 Å². The van der Waals surface area contributed by atoms with E-state index in [1.807, 2.05) is 0 Å². The van der Waals surface area contributed by atoms with Crippen LogP contribution in [0.5, 0.6) is 0 Å². The summed E-state index contributed by atoms with van der Waals surface area (Å²) in [5.74, 6) is 0. The van der Waals surface area contributed by atoms with Crippen molar-refractivity contribution in [3.8, 4) is 0 Å². The van der Waals surface area contributed by atoms with Crippen molar-refractivity contribution in [3.05, 3.63) is 20.8 Å². The van der Waals surface area contributed by atoms with Crippen LogP contribution < -0.4 is 0 Å². The second-order valence-electron chi connectivity index (χ2n) is 1.41. The number of hydrogen-bond donors (Lipinski definition) is 0. The molecule has 0 aliphatic rings.